The number of aromatic nitrogens is 1. The van der Waals surface area contributed by atoms with Crippen molar-refractivity contribution in [1.29, 1.82) is 5.26 Å². The number of rotatable bonds is 3. The summed E-state index contributed by atoms with van der Waals surface area (Å²) in [6.45, 7) is 6.23. The molecular weight excluding hydrogens is 320 g/mol. The maximum Gasteiger partial charge on any atom is 0.186 e. The quantitative estimate of drug-likeness (QED) is 0.781. The molecule has 0 saturated carbocycles. The fraction of sp³-hybridized carbons (Fsp3) is 0.286. The zero-order valence-electron chi connectivity index (χ0n) is 11.1. The van der Waals surface area contributed by atoms with E-state index in [1.807, 2.05) is 24.3 Å². The lowest BCUT2D eigenvalue weighted by Gasteiger charge is -2.23. The van der Waals surface area contributed by atoms with Gasteiger partial charge in [0.15, 0.2) is 14.4 Å². The molecule has 19 heavy (non-hydrogen) atoms. The number of hydrogen-bond acceptors (Lipinski definition) is 3. The summed E-state index contributed by atoms with van der Waals surface area (Å²) >= 11 is 3.52. The van der Waals surface area contributed by atoms with Crippen LogP contribution < -0.4 is 0 Å². The maximum absolute atomic E-state index is 9.43. The lowest BCUT2D eigenvalue weighted by molar-refractivity contribution is 0.256. The lowest BCUT2D eigenvalue weighted by Crippen LogP contribution is -2.27. The van der Waals surface area contributed by atoms with Crippen molar-refractivity contribution in [1.82, 2.24) is 4.98 Å². The van der Waals surface area contributed by atoms with Gasteiger partial charge in [-0.25, -0.2) is 0 Å². The lowest BCUT2D eigenvalue weighted by atomic mass is 10.0. The van der Waals surface area contributed by atoms with Crippen LogP contribution in [0, 0.1) is 11.3 Å². The van der Waals surface area contributed by atoms with Crippen LogP contribution >= 0.6 is 15.9 Å². The predicted molar refractivity (Wildman–Crippen MR) is 82.2 cm³/mol. The highest BCUT2D eigenvalue weighted by Gasteiger charge is 2.25. The van der Waals surface area contributed by atoms with Crippen LogP contribution in [0.25, 0.3) is 10.9 Å². The average molecular weight is 335 g/mol. The van der Waals surface area contributed by atoms with Crippen molar-refractivity contribution < 1.29 is 4.43 Å². The molecule has 0 radical (unpaired) electrons. The van der Waals surface area contributed by atoms with Crippen molar-refractivity contribution in [3.63, 3.8) is 0 Å². The highest BCUT2D eigenvalue weighted by molar-refractivity contribution is 9.10. The molecule has 3 nitrogen and oxygen atoms in total. The molecule has 0 amide bonds. The van der Waals surface area contributed by atoms with Crippen LogP contribution in [0.5, 0.6) is 0 Å². The van der Waals surface area contributed by atoms with E-state index in [1.165, 1.54) is 0 Å². The van der Waals surface area contributed by atoms with E-state index in [4.69, 9.17) is 4.43 Å². The summed E-state index contributed by atoms with van der Waals surface area (Å²) in [6, 6.07) is 9.97. The van der Waals surface area contributed by atoms with Gasteiger partial charge in [-0.15, -0.1) is 0 Å². The number of halogens is 1. The fourth-order valence-electron chi connectivity index (χ4n) is 1.92. The van der Waals surface area contributed by atoms with Gasteiger partial charge in [0.2, 0.25) is 0 Å². The zero-order chi connectivity index (χ0) is 14.0. The van der Waals surface area contributed by atoms with Crippen molar-refractivity contribution in [2.45, 2.75) is 25.7 Å². The number of benzene rings is 1. The molecule has 0 fully saturated rings. The van der Waals surface area contributed by atoms with Crippen molar-refractivity contribution in [2.75, 3.05) is 0 Å². The van der Waals surface area contributed by atoms with Gasteiger partial charge in [0.05, 0.1) is 11.6 Å². The molecule has 2 rings (SSSR count). The maximum atomic E-state index is 9.43. The number of nitrogens with zero attached hydrogens (tertiary/aromatic N) is 2. The SMILES string of the molecule is C[Si](C)(C)OC(C#N)c1c(Br)ccc2ncccc12. The molecule has 0 spiro atoms. The van der Waals surface area contributed by atoms with Crippen LogP contribution in [-0.4, -0.2) is 13.3 Å². The third kappa shape index (κ3) is 3.21. The second-order valence-corrected chi connectivity index (χ2v) is 10.6. The Labute approximate surface area is 122 Å². The van der Waals surface area contributed by atoms with Crippen LogP contribution in [-0.2, 0) is 4.43 Å². The van der Waals surface area contributed by atoms with E-state index in [1.54, 1.807) is 6.20 Å². The highest BCUT2D eigenvalue weighted by Crippen LogP contribution is 2.33. The van der Waals surface area contributed by atoms with Gasteiger partial charge in [0.1, 0.15) is 0 Å². The van der Waals surface area contributed by atoms with E-state index in [-0.39, 0.29) is 0 Å². The van der Waals surface area contributed by atoms with E-state index in [2.05, 4.69) is 46.6 Å². The molecule has 0 aliphatic rings. The fourth-order valence-corrected chi connectivity index (χ4v) is 3.35. The zero-order valence-corrected chi connectivity index (χ0v) is 13.7. The molecule has 1 atom stereocenters. The van der Waals surface area contributed by atoms with Gasteiger partial charge < -0.3 is 4.43 Å². The number of fused-ring (bicyclic) bond motifs is 1. The van der Waals surface area contributed by atoms with E-state index in [0.717, 1.165) is 20.9 Å². The molecule has 0 N–H and O–H groups in total. The van der Waals surface area contributed by atoms with Crippen molar-refractivity contribution in [3.05, 3.63) is 40.5 Å². The Morgan fingerprint density at radius 2 is 2.05 bits per heavy atom. The molecule has 1 unspecified atom stereocenters. The van der Waals surface area contributed by atoms with Crippen LogP contribution in [0.4, 0.5) is 0 Å². The first-order valence-corrected chi connectivity index (χ1v) is 10.2. The van der Waals surface area contributed by atoms with Crippen LogP contribution in [0.2, 0.25) is 19.6 Å². The number of nitriles is 1. The van der Waals surface area contributed by atoms with Gasteiger partial charge in [-0.3, -0.25) is 4.98 Å². The minimum Gasteiger partial charge on any atom is -0.399 e. The molecule has 1 heterocycles. The van der Waals surface area contributed by atoms with E-state index >= 15 is 0 Å². The van der Waals surface area contributed by atoms with Gasteiger partial charge in [-0.2, -0.15) is 5.26 Å². The van der Waals surface area contributed by atoms with Gasteiger partial charge in [0, 0.05) is 21.6 Å². The minimum atomic E-state index is -1.80. The summed E-state index contributed by atoms with van der Waals surface area (Å²) in [7, 11) is -1.80. The topological polar surface area (TPSA) is 45.9 Å². The van der Waals surface area contributed by atoms with Crippen molar-refractivity contribution in [3.8, 4) is 6.07 Å². The first kappa shape index (κ1) is 14.2. The third-order valence-corrected chi connectivity index (χ3v) is 4.26. The molecule has 1 aromatic carbocycles. The molecule has 1 aromatic heterocycles. The van der Waals surface area contributed by atoms with Gasteiger partial charge in [-0.05, 0) is 37.8 Å². The Morgan fingerprint density at radius 1 is 1.32 bits per heavy atom. The van der Waals surface area contributed by atoms with Gasteiger partial charge >= 0.3 is 0 Å². The van der Waals surface area contributed by atoms with Crippen LogP contribution in [0.15, 0.2) is 34.9 Å². The van der Waals surface area contributed by atoms with Crippen LogP contribution in [0.1, 0.15) is 11.7 Å². The average Bonchev–Trinajstić information content (AvgIpc) is 2.35. The third-order valence-electron chi connectivity index (χ3n) is 2.62. The minimum absolute atomic E-state index is 0.561. The van der Waals surface area contributed by atoms with Crippen molar-refractivity contribution >= 4 is 35.2 Å². The van der Waals surface area contributed by atoms with Gasteiger partial charge in [0.25, 0.3) is 0 Å². The molecule has 0 bridgehead atoms. The second kappa shape index (κ2) is 5.41. The molecule has 0 saturated heterocycles. The Balaban J connectivity index is 2.60. The Bertz CT molecular complexity index is 646. The monoisotopic (exact) mass is 334 g/mol. The molecule has 98 valence electrons. The summed E-state index contributed by atoms with van der Waals surface area (Å²) in [5.74, 6) is 0. The predicted octanol–water partition coefficient (Wildman–Crippen LogP) is 4.41. The van der Waals surface area contributed by atoms with Gasteiger partial charge in [-0.1, -0.05) is 22.0 Å². The smallest absolute Gasteiger partial charge is 0.186 e. The Morgan fingerprint density at radius 3 is 2.68 bits per heavy atom. The van der Waals surface area contributed by atoms with E-state index in [9.17, 15) is 5.26 Å². The molecule has 5 heteroatoms. The largest absolute Gasteiger partial charge is 0.399 e. The van der Waals surface area contributed by atoms with Crippen LogP contribution in [0.3, 0.4) is 0 Å². The summed E-state index contributed by atoms with van der Waals surface area (Å²) in [4.78, 5) is 4.32. The summed E-state index contributed by atoms with van der Waals surface area (Å²) in [5.41, 5.74) is 1.75. The first-order chi connectivity index (χ1) is 8.92. The summed E-state index contributed by atoms with van der Waals surface area (Å²) in [6.07, 6.45) is 1.19. The molecular formula is C14H15BrN2OSi. The second-order valence-electron chi connectivity index (χ2n) is 5.27. The number of hydrogen-bond donors (Lipinski definition) is 0. The first-order valence-electron chi connectivity index (χ1n) is 6.03. The Kier molecular flexibility index (Phi) is 4.04. The number of pyridine rings is 1. The standard InChI is InChI=1S/C14H15BrN2OSi/c1-19(2,3)18-13(9-16)14-10-5-4-8-17-12(10)7-6-11(14)15/h4-8,13H,1-3H3. The van der Waals surface area contributed by atoms with Crippen molar-refractivity contribution in [2.24, 2.45) is 0 Å². The Hall–Kier alpha value is -1.22. The van der Waals surface area contributed by atoms with E-state index in [0.29, 0.717) is 0 Å². The summed E-state index contributed by atoms with van der Waals surface area (Å²) in [5, 5.41) is 10.4. The summed E-state index contributed by atoms with van der Waals surface area (Å²) < 4.78 is 6.87. The molecule has 0 aliphatic carbocycles. The molecule has 0 aliphatic heterocycles. The highest BCUT2D eigenvalue weighted by atomic mass is 79.9. The molecule has 2 aromatic rings. The normalized spacial score (nSPS) is 13.2. The van der Waals surface area contributed by atoms with E-state index < -0.39 is 14.4 Å².